The predicted molar refractivity (Wildman–Crippen MR) is 134 cm³/mol. The summed E-state index contributed by atoms with van der Waals surface area (Å²) in [6.45, 7) is -0.890. The minimum absolute atomic E-state index is 0.0526. The van der Waals surface area contributed by atoms with Crippen molar-refractivity contribution >= 4 is 44.6 Å². The van der Waals surface area contributed by atoms with E-state index >= 15 is 0 Å². The topological polar surface area (TPSA) is 113 Å². The summed E-state index contributed by atoms with van der Waals surface area (Å²) >= 11 is 0.512. The fraction of sp³-hybridized carbons (Fsp3) is 0.333. The monoisotopic (exact) mass is 637 g/mol. The third kappa shape index (κ3) is 5.51. The lowest BCUT2D eigenvalue weighted by Crippen LogP contribution is -2.43. The number of amides is 2. The number of carbonyl (C=O) groups excluding carboxylic acids is 2. The zero-order valence-corrected chi connectivity index (χ0v) is 22.9. The van der Waals surface area contributed by atoms with E-state index < -0.39 is 74.2 Å². The smallest absolute Gasteiger partial charge is 0.340 e. The number of benzene rings is 1. The molecule has 3 aromatic rings. The largest absolute Gasteiger partial charge is 0.471 e. The highest BCUT2D eigenvalue weighted by molar-refractivity contribution is 7.91. The van der Waals surface area contributed by atoms with Crippen molar-refractivity contribution in [3.8, 4) is 10.6 Å². The first-order valence-corrected chi connectivity index (χ1v) is 14.4. The molecule has 42 heavy (non-hydrogen) atoms. The summed E-state index contributed by atoms with van der Waals surface area (Å²) in [4.78, 5) is 32.5. The minimum Gasteiger partial charge on any atom is -0.340 e. The number of thiophene rings is 1. The number of halogens is 7. The summed E-state index contributed by atoms with van der Waals surface area (Å²) in [5, 5.41) is 2.46. The molecule has 2 aromatic heterocycles. The Morgan fingerprint density at radius 3 is 2.45 bits per heavy atom. The van der Waals surface area contributed by atoms with Crippen LogP contribution >= 0.6 is 11.3 Å². The highest BCUT2D eigenvalue weighted by Crippen LogP contribution is 2.42. The second-order valence-corrected chi connectivity index (χ2v) is 12.6. The van der Waals surface area contributed by atoms with Crippen LogP contribution in [0.3, 0.4) is 0 Å². The fourth-order valence-electron chi connectivity index (χ4n) is 4.50. The lowest BCUT2D eigenvalue weighted by molar-refractivity contribution is -0.186. The van der Waals surface area contributed by atoms with Gasteiger partial charge in [0, 0.05) is 32.9 Å². The quantitative estimate of drug-likeness (QED) is 0.424. The van der Waals surface area contributed by atoms with Gasteiger partial charge in [0.15, 0.2) is 9.84 Å². The van der Waals surface area contributed by atoms with Crippen molar-refractivity contribution in [3.05, 3.63) is 51.8 Å². The van der Waals surface area contributed by atoms with Gasteiger partial charge in [-0.2, -0.15) is 26.3 Å². The van der Waals surface area contributed by atoms with Crippen LogP contribution in [-0.4, -0.2) is 72.1 Å². The number of rotatable bonds is 3. The summed E-state index contributed by atoms with van der Waals surface area (Å²) < 4.78 is 120. The molecule has 18 heteroatoms. The average Bonchev–Trinajstić information content (AvgIpc) is 3.34. The normalized spacial score (nSPS) is 17.0. The Hall–Kier alpha value is -3.80. The summed E-state index contributed by atoms with van der Waals surface area (Å²) in [6.07, 6.45) is -9.70. The van der Waals surface area contributed by atoms with Crippen LogP contribution in [0.4, 0.5) is 42.4 Å². The number of aromatic nitrogens is 2. The Morgan fingerprint density at radius 2 is 1.79 bits per heavy atom. The Balaban J connectivity index is 1.51. The van der Waals surface area contributed by atoms with Gasteiger partial charge in [-0.25, -0.2) is 22.8 Å². The van der Waals surface area contributed by atoms with Crippen molar-refractivity contribution in [1.29, 1.82) is 0 Å². The van der Waals surface area contributed by atoms with E-state index in [4.69, 9.17) is 0 Å². The van der Waals surface area contributed by atoms with Gasteiger partial charge < -0.3 is 15.1 Å². The molecular formula is C24H18F7N5O4S2. The molecule has 4 heterocycles. The predicted octanol–water partition coefficient (Wildman–Crippen LogP) is 4.41. The van der Waals surface area contributed by atoms with E-state index in [9.17, 15) is 48.7 Å². The van der Waals surface area contributed by atoms with Crippen molar-refractivity contribution in [2.24, 2.45) is 0 Å². The van der Waals surface area contributed by atoms with Gasteiger partial charge in [0.05, 0.1) is 26.9 Å². The molecule has 0 fully saturated rings. The lowest BCUT2D eigenvalue weighted by atomic mass is 9.98. The molecule has 9 nitrogen and oxygen atoms in total. The van der Waals surface area contributed by atoms with Gasteiger partial charge in [-0.05, 0) is 35.7 Å². The van der Waals surface area contributed by atoms with Crippen LogP contribution in [-0.2, 0) is 33.8 Å². The van der Waals surface area contributed by atoms with E-state index in [0.717, 1.165) is 17.0 Å². The Kier molecular flexibility index (Phi) is 7.19. The van der Waals surface area contributed by atoms with Crippen LogP contribution in [0.5, 0.6) is 0 Å². The summed E-state index contributed by atoms with van der Waals surface area (Å²) in [6, 6.07) is 3.08. The molecule has 224 valence electrons. The molecule has 0 bridgehead atoms. The molecule has 2 amide bonds. The maximum absolute atomic E-state index is 14.9. The molecule has 0 radical (unpaired) electrons. The second-order valence-electron chi connectivity index (χ2n) is 9.50. The van der Waals surface area contributed by atoms with E-state index in [2.05, 4.69) is 15.3 Å². The first kappa shape index (κ1) is 29.7. The van der Waals surface area contributed by atoms with Crippen LogP contribution in [0.25, 0.3) is 10.6 Å². The van der Waals surface area contributed by atoms with Crippen molar-refractivity contribution < 1.29 is 48.7 Å². The summed E-state index contributed by atoms with van der Waals surface area (Å²) in [5.41, 5.74) is -1.86. The Bertz CT molecular complexity index is 1720. The molecule has 0 unspecified atom stereocenters. The van der Waals surface area contributed by atoms with Crippen LogP contribution in [0, 0.1) is 5.82 Å². The Morgan fingerprint density at radius 1 is 1.07 bits per heavy atom. The van der Waals surface area contributed by atoms with E-state index in [1.165, 1.54) is 13.1 Å². The number of fused-ring (bicyclic) bond motifs is 2. The molecule has 0 spiro atoms. The number of nitrogens with zero attached hydrogens (tertiary/aromatic N) is 4. The number of hydrogen-bond acceptors (Lipinski definition) is 8. The molecule has 2 aliphatic rings. The van der Waals surface area contributed by atoms with Crippen LogP contribution in [0.1, 0.15) is 26.4 Å². The second kappa shape index (κ2) is 10.2. The van der Waals surface area contributed by atoms with Crippen LogP contribution < -0.4 is 5.32 Å². The SMILES string of the molecule is CN1CCS(=O)(=O)c2cc(-c3nc(Nc4cc5c(cc4F)CN(C(=O)C(F)(F)F)CC5)ncc3C(F)(F)F)sc2C1=O. The van der Waals surface area contributed by atoms with Gasteiger partial charge in [-0.3, -0.25) is 9.59 Å². The zero-order valence-electron chi connectivity index (χ0n) is 21.2. The molecule has 1 N–H and O–H groups in total. The molecular weight excluding hydrogens is 619 g/mol. The van der Waals surface area contributed by atoms with Gasteiger partial charge in [-0.1, -0.05) is 0 Å². The Labute approximate surface area is 236 Å². The third-order valence-corrected chi connectivity index (χ3v) is 9.65. The van der Waals surface area contributed by atoms with Gasteiger partial charge in [-0.15, -0.1) is 11.3 Å². The van der Waals surface area contributed by atoms with Gasteiger partial charge >= 0.3 is 18.3 Å². The van der Waals surface area contributed by atoms with E-state index in [1.54, 1.807) is 0 Å². The van der Waals surface area contributed by atoms with Crippen molar-refractivity contribution in [1.82, 2.24) is 19.8 Å². The highest BCUT2D eigenvalue weighted by atomic mass is 32.2. The molecule has 5 rings (SSSR count). The van der Waals surface area contributed by atoms with E-state index in [-0.39, 0.29) is 40.5 Å². The van der Waals surface area contributed by atoms with E-state index in [1.807, 2.05) is 0 Å². The highest BCUT2D eigenvalue weighted by Gasteiger charge is 2.43. The minimum atomic E-state index is -5.09. The molecule has 1 aromatic carbocycles. The third-order valence-electron chi connectivity index (χ3n) is 6.67. The van der Waals surface area contributed by atoms with Crippen molar-refractivity contribution in [3.63, 3.8) is 0 Å². The molecule has 2 aliphatic heterocycles. The van der Waals surface area contributed by atoms with Gasteiger partial charge in [0.25, 0.3) is 5.91 Å². The summed E-state index contributed by atoms with van der Waals surface area (Å²) in [5.74, 6) is -4.68. The number of nitrogens with one attached hydrogen (secondary N) is 1. The fourth-order valence-corrected chi connectivity index (χ4v) is 7.53. The molecule has 0 aliphatic carbocycles. The van der Waals surface area contributed by atoms with Crippen LogP contribution in [0.15, 0.2) is 29.3 Å². The number of carbonyl (C=O) groups is 2. The first-order valence-electron chi connectivity index (χ1n) is 12.0. The van der Waals surface area contributed by atoms with Crippen molar-refractivity contribution in [2.75, 3.05) is 31.2 Å². The summed E-state index contributed by atoms with van der Waals surface area (Å²) in [7, 11) is -2.64. The van der Waals surface area contributed by atoms with Crippen LogP contribution in [0.2, 0.25) is 0 Å². The first-order chi connectivity index (χ1) is 19.5. The van der Waals surface area contributed by atoms with Gasteiger partial charge in [0.2, 0.25) is 5.95 Å². The average molecular weight is 638 g/mol. The number of sulfone groups is 1. The molecule has 0 saturated heterocycles. The maximum atomic E-state index is 14.9. The molecule has 0 atom stereocenters. The standard InChI is InChI=1S/C24H18F7N5O4S2/c1-35-4-5-42(39,40)17-8-16(41-19(17)20(35)37)18-13(23(26,27)28)9-32-22(34-18)33-15-7-11-2-3-36(21(38)24(29,30)31)10-12(11)6-14(15)25/h6-9H,2-5,10H2,1H3,(H,32,33,34). The van der Waals surface area contributed by atoms with E-state index in [0.29, 0.717) is 28.0 Å². The number of hydrogen-bond donors (Lipinski definition) is 1. The zero-order chi connectivity index (χ0) is 30.8. The number of anilines is 2. The maximum Gasteiger partial charge on any atom is 0.471 e. The van der Waals surface area contributed by atoms with Gasteiger partial charge in [0.1, 0.15) is 16.3 Å². The number of alkyl halides is 6. The lowest BCUT2D eigenvalue weighted by Gasteiger charge is -2.29. The van der Waals surface area contributed by atoms with Crippen molar-refractivity contribution in [2.45, 2.75) is 30.2 Å². The molecule has 0 saturated carbocycles.